The summed E-state index contributed by atoms with van der Waals surface area (Å²) in [6.07, 6.45) is 0.678. The predicted molar refractivity (Wildman–Crippen MR) is 56.1 cm³/mol. The van der Waals surface area contributed by atoms with Crippen molar-refractivity contribution in [2.75, 3.05) is 13.1 Å². The molecule has 0 spiro atoms. The van der Waals surface area contributed by atoms with Gasteiger partial charge in [-0.15, -0.1) is 0 Å². The molecule has 2 rings (SSSR count). The van der Waals surface area contributed by atoms with Crippen LogP contribution in [0.3, 0.4) is 0 Å². The van der Waals surface area contributed by atoms with E-state index in [1.54, 1.807) is 0 Å². The quantitative estimate of drug-likeness (QED) is 0.697. The van der Waals surface area contributed by atoms with Gasteiger partial charge in [-0.2, -0.15) is 0 Å². The minimum absolute atomic E-state index is 0.293. The van der Waals surface area contributed by atoms with Crippen molar-refractivity contribution < 1.29 is 4.79 Å². The predicted octanol–water partition coefficient (Wildman–Crippen LogP) is 2.02. The Balaban J connectivity index is 2.13. The van der Waals surface area contributed by atoms with Crippen molar-refractivity contribution in [3.05, 3.63) is 35.9 Å². The third kappa shape index (κ3) is 1.65. The highest BCUT2D eigenvalue weighted by molar-refractivity contribution is 5.79. The molecule has 1 fully saturated rings. The molecule has 0 radical (unpaired) electrons. The van der Waals surface area contributed by atoms with Crippen molar-refractivity contribution in [1.29, 1.82) is 0 Å². The summed E-state index contributed by atoms with van der Waals surface area (Å²) in [6.45, 7) is 3.76. The van der Waals surface area contributed by atoms with Crippen LogP contribution < -0.4 is 0 Å². The van der Waals surface area contributed by atoms with E-state index in [2.05, 4.69) is 12.1 Å². The van der Waals surface area contributed by atoms with Crippen molar-refractivity contribution in [2.24, 2.45) is 0 Å². The monoisotopic (exact) mass is 189 g/mol. The topological polar surface area (TPSA) is 20.3 Å². The highest BCUT2D eigenvalue weighted by Gasteiger charge is 2.28. The smallest absolute Gasteiger partial charge is 0.223 e. The second-order valence-corrected chi connectivity index (χ2v) is 3.74. The maximum Gasteiger partial charge on any atom is 0.223 e. The first kappa shape index (κ1) is 9.25. The molecule has 74 valence electrons. The number of amides is 1. The number of likely N-dealkylation sites (N-methyl/N-ethyl adjacent to an activating group) is 1. The van der Waals surface area contributed by atoms with Crippen molar-refractivity contribution in [2.45, 2.75) is 19.3 Å². The molecule has 2 heteroatoms. The van der Waals surface area contributed by atoms with E-state index in [1.165, 1.54) is 5.56 Å². The fourth-order valence-corrected chi connectivity index (χ4v) is 2.03. The summed E-state index contributed by atoms with van der Waals surface area (Å²) in [7, 11) is 0. The standard InChI is InChI=1S/C12H15NO/c1-2-13-9-11(8-12(13)14)10-6-4-3-5-7-10/h3-7,11H,2,8-9H2,1H3/t11-/m0/s1. The lowest BCUT2D eigenvalue weighted by molar-refractivity contribution is -0.127. The maximum atomic E-state index is 11.5. The van der Waals surface area contributed by atoms with Gasteiger partial charge < -0.3 is 4.90 Å². The molecule has 1 aliphatic heterocycles. The third-order valence-corrected chi connectivity index (χ3v) is 2.87. The molecule has 2 nitrogen and oxygen atoms in total. The SMILES string of the molecule is CCN1C[C@@H](c2ccccc2)CC1=O. The lowest BCUT2D eigenvalue weighted by Crippen LogP contribution is -2.24. The van der Waals surface area contributed by atoms with E-state index >= 15 is 0 Å². The number of benzene rings is 1. The maximum absolute atomic E-state index is 11.5. The normalized spacial score (nSPS) is 21.6. The molecule has 0 N–H and O–H groups in total. The lowest BCUT2D eigenvalue weighted by Gasteiger charge is -2.13. The molecule has 1 heterocycles. The number of rotatable bonds is 2. The van der Waals surface area contributed by atoms with Crippen LogP contribution in [0.2, 0.25) is 0 Å². The van der Waals surface area contributed by atoms with Gasteiger partial charge in [0.2, 0.25) is 5.91 Å². The molecule has 0 aliphatic carbocycles. The van der Waals surface area contributed by atoms with Crippen LogP contribution >= 0.6 is 0 Å². The van der Waals surface area contributed by atoms with E-state index in [4.69, 9.17) is 0 Å². The molecule has 1 aromatic rings. The summed E-state index contributed by atoms with van der Waals surface area (Å²) < 4.78 is 0. The summed E-state index contributed by atoms with van der Waals surface area (Å²) in [5, 5.41) is 0. The molecule has 0 saturated carbocycles. The molecule has 1 aliphatic rings. The summed E-state index contributed by atoms with van der Waals surface area (Å²) in [5.74, 6) is 0.699. The van der Waals surface area contributed by atoms with E-state index in [-0.39, 0.29) is 0 Å². The number of nitrogens with zero attached hydrogens (tertiary/aromatic N) is 1. The first-order valence-corrected chi connectivity index (χ1v) is 5.14. The molecule has 1 aromatic carbocycles. The van der Waals surface area contributed by atoms with Gasteiger partial charge in [-0.1, -0.05) is 30.3 Å². The van der Waals surface area contributed by atoms with Crippen LogP contribution in [0.4, 0.5) is 0 Å². The van der Waals surface area contributed by atoms with Gasteiger partial charge in [-0.3, -0.25) is 4.79 Å². The van der Waals surface area contributed by atoms with E-state index in [9.17, 15) is 4.79 Å². The van der Waals surface area contributed by atoms with E-state index in [0.717, 1.165) is 13.1 Å². The molecular formula is C12H15NO. The Hall–Kier alpha value is -1.31. The number of likely N-dealkylation sites (tertiary alicyclic amines) is 1. The molecule has 1 atom stereocenters. The molecule has 0 unspecified atom stereocenters. The van der Waals surface area contributed by atoms with Gasteiger partial charge in [0, 0.05) is 25.4 Å². The molecular weight excluding hydrogens is 174 g/mol. The Labute approximate surface area is 84.5 Å². The van der Waals surface area contributed by atoms with Gasteiger partial charge in [0.25, 0.3) is 0 Å². The first-order chi connectivity index (χ1) is 6.81. The number of hydrogen-bond donors (Lipinski definition) is 0. The Bertz CT molecular complexity index is 320. The van der Waals surface area contributed by atoms with Crippen LogP contribution in [0.15, 0.2) is 30.3 Å². The minimum Gasteiger partial charge on any atom is -0.342 e. The van der Waals surface area contributed by atoms with Gasteiger partial charge in [0.1, 0.15) is 0 Å². The summed E-state index contributed by atoms with van der Waals surface area (Å²) in [5.41, 5.74) is 1.29. The minimum atomic E-state index is 0.293. The summed E-state index contributed by atoms with van der Waals surface area (Å²) >= 11 is 0. The van der Waals surface area contributed by atoms with Gasteiger partial charge in [0.05, 0.1) is 0 Å². The van der Waals surface area contributed by atoms with Crippen molar-refractivity contribution in [3.8, 4) is 0 Å². The van der Waals surface area contributed by atoms with Crippen LogP contribution in [0.1, 0.15) is 24.8 Å². The number of carbonyl (C=O) groups excluding carboxylic acids is 1. The van der Waals surface area contributed by atoms with Gasteiger partial charge in [0.15, 0.2) is 0 Å². The second kappa shape index (κ2) is 3.82. The van der Waals surface area contributed by atoms with E-state index < -0.39 is 0 Å². The molecule has 0 aromatic heterocycles. The van der Waals surface area contributed by atoms with Crippen LogP contribution in [0.25, 0.3) is 0 Å². The van der Waals surface area contributed by atoms with Crippen LogP contribution in [0, 0.1) is 0 Å². The molecule has 14 heavy (non-hydrogen) atoms. The Morgan fingerprint density at radius 1 is 1.36 bits per heavy atom. The average Bonchev–Trinajstić information content (AvgIpc) is 2.61. The Morgan fingerprint density at radius 3 is 2.64 bits per heavy atom. The Kier molecular flexibility index (Phi) is 2.53. The van der Waals surface area contributed by atoms with Crippen molar-refractivity contribution >= 4 is 5.91 Å². The number of hydrogen-bond acceptors (Lipinski definition) is 1. The number of carbonyl (C=O) groups is 1. The van der Waals surface area contributed by atoms with E-state index in [1.807, 2.05) is 30.0 Å². The second-order valence-electron chi connectivity index (χ2n) is 3.74. The van der Waals surface area contributed by atoms with Gasteiger partial charge in [-0.05, 0) is 12.5 Å². The highest BCUT2D eigenvalue weighted by Crippen LogP contribution is 2.27. The zero-order valence-corrected chi connectivity index (χ0v) is 8.44. The lowest BCUT2D eigenvalue weighted by atomic mass is 9.99. The zero-order valence-electron chi connectivity index (χ0n) is 8.44. The average molecular weight is 189 g/mol. The first-order valence-electron chi connectivity index (χ1n) is 5.14. The van der Waals surface area contributed by atoms with Crippen molar-refractivity contribution in [3.63, 3.8) is 0 Å². The third-order valence-electron chi connectivity index (χ3n) is 2.87. The van der Waals surface area contributed by atoms with Crippen LogP contribution in [0.5, 0.6) is 0 Å². The molecule has 0 bridgehead atoms. The highest BCUT2D eigenvalue weighted by atomic mass is 16.2. The Morgan fingerprint density at radius 2 is 2.07 bits per heavy atom. The van der Waals surface area contributed by atoms with Crippen molar-refractivity contribution in [1.82, 2.24) is 4.90 Å². The fraction of sp³-hybridized carbons (Fsp3) is 0.417. The van der Waals surface area contributed by atoms with Crippen LogP contribution in [-0.2, 0) is 4.79 Å². The summed E-state index contributed by atoms with van der Waals surface area (Å²) in [4.78, 5) is 13.4. The largest absolute Gasteiger partial charge is 0.342 e. The summed E-state index contributed by atoms with van der Waals surface area (Å²) in [6, 6.07) is 10.3. The van der Waals surface area contributed by atoms with Gasteiger partial charge >= 0.3 is 0 Å². The zero-order chi connectivity index (χ0) is 9.97. The van der Waals surface area contributed by atoms with Gasteiger partial charge in [-0.25, -0.2) is 0 Å². The molecule has 1 amide bonds. The fourth-order valence-electron chi connectivity index (χ4n) is 2.03. The van der Waals surface area contributed by atoms with Crippen LogP contribution in [-0.4, -0.2) is 23.9 Å². The van der Waals surface area contributed by atoms with E-state index in [0.29, 0.717) is 18.2 Å². The molecule has 1 saturated heterocycles.